The molecule has 8 heteroatoms. The van der Waals surface area contributed by atoms with Crippen LogP contribution in [0.3, 0.4) is 0 Å². The predicted octanol–water partition coefficient (Wildman–Crippen LogP) is 2.80. The minimum atomic E-state index is -2.05. The Balaban J connectivity index is 3.60. The lowest BCUT2D eigenvalue weighted by Gasteiger charge is -2.24. The van der Waals surface area contributed by atoms with Gasteiger partial charge < -0.3 is 30.3 Å². The summed E-state index contributed by atoms with van der Waals surface area (Å²) >= 11 is 0. The largest absolute Gasteiger partial charge is 0.464 e. The van der Waals surface area contributed by atoms with Crippen LogP contribution in [-0.4, -0.2) is 74.9 Å². The van der Waals surface area contributed by atoms with Crippen LogP contribution in [0.1, 0.15) is 110 Å². The number of aliphatic hydroxyl groups is 5. The minimum Gasteiger partial charge on any atom is -0.464 e. The molecule has 0 unspecified atom stereocenters. The molecule has 0 amide bonds. The van der Waals surface area contributed by atoms with Crippen molar-refractivity contribution in [1.29, 1.82) is 0 Å². The summed E-state index contributed by atoms with van der Waals surface area (Å²) in [6.45, 7) is 1.32. The number of carbonyl (C=O) groups is 2. The van der Waals surface area contributed by atoms with Crippen molar-refractivity contribution in [1.82, 2.24) is 0 Å². The minimum absolute atomic E-state index is 0.0917. The number of esters is 1. The van der Waals surface area contributed by atoms with E-state index in [2.05, 4.69) is 6.92 Å². The molecule has 0 aliphatic rings. The third kappa shape index (κ3) is 17.1. The second-order valence-electron chi connectivity index (χ2n) is 8.98. The third-order valence-electron chi connectivity index (χ3n) is 5.90. The Labute approximate surface area is 199 Å². The van der Waals surface area contributed by atoms with Gasteiger partial charge in [-0.05, 0) is 12.8 Å². The number of rotatable bonds is 23. The third-order valence-corrected chi connectivity index (χ3v) is 5.90. The average Bonchev–Trinajstić information content (AvgIpc) is 2.82. The molecule has 196 valence electrons. The molecule has 33 heavy (non-hydrogen) atoms. The van der Waals surface area contributed by atoms with Gasteiger partial charge >= 0.3 is 5.97 Å². The maximum atomic E-state index is 11.9. The Kier molecular flexibility index (Phi) is 20.8. The first-order chi connectivity index (χ1) is 15.8. The summed E-state index contributed by atoms with van der Waals surface area (Å²) in [7, 11) is 0. The van der Waals surface area contributed by atoms with E-state index in [4.69, 9.17) is 9.84 Å². The maximum absolute atomic E-state index is 11.9. The average molecular weight is 477 g/mol. The smallest absolute Gasteiger partial charge is 0.337 e. The number of unbranched alkanes of at least 4 members (excludes halogenated alkanes) is 12. The number of hydrogen-bond acceptors (Lipinski definition) is 8. The Morgan fingerprint density at radius 3 is 1.61 bits per heavy atom. The van der Waals surface area contributed by atoms with E-state index in [1.807, 2.05) is 0 Å². The molecule has 0 fully saturated rings. The van der Waals surface area contributed by atoms with Gasteiger partial charge in [0.05, 0.1) is 13.2 Å². The molecule has 0 saturated carbocycles. The lowest BCUT2D eigenvalue weighted by atomic mass is 10.0. The molecule has 0 radical (unpaired) electrons. The van der Waals surface area contributed by atoms with Crippen LogP contribution >= 0.6 is 0 Å². The molecule has 0 aliphatic heterocycles. The number of aliphatic hydroxyl groups excluding tert-OH is 5. The Hall–Kier alpha value is -1.06. The maximum Gasteiger partial charge on any atom is 0.337 e. The number of ketones is 1. The summed E-state index contributed by atoms with van der Waals surface area (Å²) in [6.07, 6.45) is 9.77. The molecule has 4 atom stereocenters. The van der Waals surface area contributed by atoms with Gasteiger partial charge in [-0.25, -0.2) is 4.79 Å². The zero-order valence-corrected chi connectivity index (χ0v) is 20.5. The summed E-state index contributed by atoms with van der Waals surface area (Å²) in [4.78, 5) is 23.6. The molecule has 0 bridgehead atoms. The summed E-state index contributed by atoms with van der Waals surface area (Å²) in [5.41, 5.74) is 0. The van der Waals surface area contributed by atoms with Gasteiger partial charge in [0.25, 0.3) is 0 Å². The van der Waals surface area contributed by atoms with E-state index in [0.29, 0.717) is 12.8 Å². The van der Waals surface area contributed by atoms with Crippen LogP contribution in [0.2, 0.25) is 0 Å². The van der Waals surface area contributed by atoms with Crippen molar-refractivity contribution < 1.29 is 39.9 Å². The highest BCUT2D eigenvalue weighted by atomic mass is 16.5. The van der Waals surface area contributed by atoms with Crippen molar-refractivity contribution in [2.24, 2.45) is 0 Å². The van der Waals surface area contributed by atoms with E-state index in [1.54, 1.807) is 0 Å². The number of ether oxygens (including phenoxy) is 1. The first kappa shape index (κ1) is 31.9. The van der Waals surface area contributed by atoms with Crippen molar-refractivity contribution >= 4 is 11.8 Å². The fourth-order valence-electron chi connectivity index (χ4n) is 3.65. The number of Topliss-reactive ketones (excluding diaryl/α,β-unsaturated/α-hetero) is 1. The van der Waals surface area contributed by atoms with Gasteiger partial charge in [-0.15, -0.1) is 0 Å². The molecule has 0 saturated heterocycles. The van der Waals surface area contributed by atoms with Crippen LogP contribution < -0.4 is 0 Å². The van der Waals surface area contributed by atoms with Crippen molar-refractivity contribution in [2.75, 3.05) is 13.2 Å². The van der Waals surface area contributed by atoms with Crippen LogP contribution in [0.25, 0.3) is 0 Å². The second kappa shape index (κ2) is 21.5. The SMILES string of the molecule is CCCCCCCCCCCCCCCC(=O)CCCOC(=O)[C@H](O)[C@@H](O)[C@H](O)[C@@H](O)CO. The Morgan fingerprint density at radius 2 is 1.12 bits per heavy atom. The lowest BCUT2D eigenvalue weighted by molar-refractivity contribution is -0.170. The summed E-state index contributed by atoms with van der Waals surface area (Å²) in [6, 6.07) is 0. The van der Waals surface area contributed by atoms with Crippen molar-refractivity contribution in [3.8, 4) is 0 Å². The fraction of sp³-hybridized carbons (Fsp3) is 0.920. The van der Waals surface area contributed by atoms with Gasteiger partial charge in [0.15, 0.2) is 6.10 Å². The van der Waals surface area contributed by atoms with E-state index in [0.717, 1.165) is 19.3 Å². The molecule has 0 aromatic carbocycles. The zero-order chi connectivity index (χ0) is 24.9. The molecule has 0 aromatic rings. The van der Waals surface area contributed by atoms with Gasteiger partial charge in [-0.2, -0.15) is 0 Å². The summed E-state index contributed by atoms with van der Waals surface area (Å²) in [5, 5.41) is 46.7. The highest BCUT2D eigenvalue weighted by Gasteiger charge is 2.35. The lowest BCUT2D eigenvalue weighted by Crippen LogP contribution is -2.49. The van der Waals surface area contributed by atoms with Gasteiger partial charge in [0.1, 0.15) is 24.1 Å². The van der Waals surface area contributed by atoms with E-state index in [-0.39, 0.29) is 18.8 Å². The monoisotopic (exact) mass is 476 g/mol. The molecule has 0 aromatic heterocycles. The highest BCUT2D eigenvalue weighted by Crippen LogP contribution is 2.13. The summed E-state index contributed by atoms with van der Waals surface area (Å²) in [5.74, 6) is -1.05. The quantitative estimate of drug-likeness (QED) is 0.112. The first-order valence-corrected chi connectivity index (χ1v) is 12.9. The van der Waals surface area contributed by atoms with Crippen LogP contribution in [0.5, 0.6) is 0 Å². The van der Waals surface area contributed by atoms with Gasteiger partial charge in [0.2, 0.25) is 0 Å². The molecule has 8 nitrogen and oxygen atoms in total. The van der Waals surface area contributed by atoms with Crippen molar-refractivity contribution in [3.05, 3.63) is 0 Å². The van der Waals surface area contributed by atoms with Crippen molar-refractivity contribution in [2.45, 2.75) is 134 Å². The van der Waals surface area contributed by atoms with E-state index >= 15 is 0 Å². The van der Waals surface area contributed by atoms with Crippen molar-refractivity contribution in [3.63, 3.8) is 0 Å². The Morgan fingerprint density at radius 1 is 0.667 bits per heavy atom. The van der Waals surface area contributed by atoms with Gasteiger partial charge in [-0.1, -0.05) is 84.0 Å². The standard InChI is InChI=1S/C25H48O8/c1-2-3-4-5-6-7-8-9-10-11-12-13-14-16-20(27)17-15-18-33-25(32)24(31)23(30)22(29)21(28)19-26/h21-24,26,28-31H,2-19H2,1H3/t21-,22+,23-,24+/m0/s1. The topological polar surface area (TPSA) is 145 Å². The van der Waals surface area contributed by atoms with E-state index in [9.17, 15) is 30.0 Å². The fourth-order valence-corrected chi connectivity index (χ4v) is 3.65. The molecule has 0 aliphatic carbocycles. The number of carbonyl (C=O) groups excluding carboxylic acids is 2. The number of hydrogen-bond donors (Lipinski definition) is 5. The zero-order valence-electron chi connectivity index (χ0n) is 20.5. The first-order valence-electron chi connectivity index (χ1n) is 12.9. The summed E-state index contributed by atoms with van der Waals surface area (Å²) < 4.78 is 4.80. The molecule has 5 N–H and O–H groups in total. The molecule has 0 heterocycles. The molecular formula is C25H48O8. The van der Waals surface area contributed by atoms with Gasteiger partial charge in [-0.3, -0.25) is 4.79 Å². The van der Waals surface area contributed by atoms with E-state index in [1.165, 1.54) is 64.2 Å². The van der Waals surface area contributed by atoms with E-state index < -0.39 is 37.0 Å². The normalized spacial score (nSPS) is 15.1. The second-order valence-corrected chi connectivity index (χ2v) is 8.98. The van der Waals surface area contributed by atoms with Crippen LogP contribution in [0.15, 0.2) is 0 Å². The van der Waals surface area contributed by atoms with Crippen LogP contribution in [0, 0.1) is 0 Å². The molecule has 0 rings (SSSR count). The molecule has 0 spiro atoms. The Bertz CT molecular complexity index is 485. The van der Waals surface area contributed by atoms with Crippen LogP contribution in [-0.2, 0) is 14.3 Å². The van der Waals surface area contributed by atoms with Crippen LogP contribution in [0.4, 0.5) is 0 Å². The van der Waals surface area contributed by atoms with Gasteiger partial charge in [0, 0.05) is 12.8 Å². The predicted molar refractivity (Wildman–Crippen MR) is 127 cm³/mol. The molecular weight excluding hydrogens is 428 g/mol. The highest BCUT2D eigenvalue weighted by molar-refractivity contribution is 5.78.